The Kier molecular flexibility index (Phi) is 10.3. The Morgan fingerprint density at radius 2 is 1.73 bits per heavy atom. The van der Waals surface area contributed by atoms with E-state index >= 15 is 0 Å². The summed E-state index contributed by atoms with van der Waals surface area (Å²) in [5.41, 5.74) is 1.33. The van der Waals surface area contributed by atoms with Gasteiger partial charge in [0.1, 0.15) is 12.4 Å². The highest BCUT2D eigenvalue weighted by Gasteiger charge is 2.29. The summed E-state index contributed by atoms with van der Waals surface area (Å²) in [6, 6.07) is 11.9. The average Bonchev–Trinajstić information content (AvgIpc) is 2.80. The van der Waals surface area contributed by atoms with Crippen LogP contribution in [0.4, 0.5) is 18.9 Å². The molecule has 0 radical (unpaired) electrons. The topological polar surface area (TPSA) is 60.0 Å². The molecule has 0 aliphatic heterocycles. The van der Waals surface area contributed by atoms with E-state index in [2.05, 4.69) is 24.1 Å². The summed E-state index contributed by atoms with van der Waals surface area (Å²) in [6.07, 6.45) is -3.88. The first-order chi connectivity index (χ1) is 15.8. The number of likely N-dealkylation sites (N-methyl/N-ethyl adjacent to an activating group) is 1. The lowest BCUT2D eigenvalue weighted by atomic mass is 10.1. The number of nitrogens with one attached hydrogen (secondary N) is 1. The van der Waals surface area contributed by atoms with Crippen LogP contribution in [0.1, 0.15) is 25.8 Å². The molecule has 2 aromatic rings. The summed E-state index contributed by atoms with van der Waals surface area (Å²) < 4.78 is 52.9. The molecule has 0 saturated carbocycles. The van der Waals surface area contributed by atoms with Crippen LogP contribution in [-0.4, -0.2) is 56.9 Å². The largest absolute Gasteiger partial charge is 0.493 e. The fourth-order valence-electron chi connectivity index (χ4n) is 3.14. The predicted octanol–water partition coefficient (Wildman–Crippen LogP) is 4.93. The molecule has 6 nitrogen and oxygen atoms in total. The van der Waals surface area contributed by atoms with Gasteiger partial charge in [-0.15, -0.1) is 0 Å². The van der Waals surface area contributed by atoms with Crippen molar-refractivity contribution in [1.82, 2.24) is 4.90 Å². The van der Waals surface area contributed by atoms with Crippen molar-refractivity contribution >= 4 is 11.6 Å². The third-order valence-corrected chi connectivity index (χ3v) is 4.98. The Balaban J connectivity index is 1.91. The maximum atomic E-state index is 12.5. The summed E-state index contributed by atoms with van der Waals surface area (Å²) in [5.74, 6) is 0.583. The second-order valence-electron chi connectivity index (χ2n) is 7.31. The zero-order valence-corrected chi connectivity index (χ0v) is 19.2. The summed E-state index contributed by atoms with van der Waals surface area (Å²) in [4.78, 5) is 14.7. The molecule has 0 unspecified atom stereocenters. The standard InChI is InChI=1S/C24H31F3N2O4/c1-4-29(5-2)14-15-32-20-9-7-6-8-19(20)28-23(30)13-11-18-10-12-21(22(16-18)31-3)33-17-24(25,26)27/h6-10,12,16H,4-5,11,13-15,17H2,1-3H3,(H,28,30). The van der Waals surface area contributed by atoms with Gasteiger partial charge in [-0.3, -0.25) is 4.79 Å². The molecule has 0 heterocycles. The maximum Gasteiger partial charge on any atom is 0.422 e. The van der Waals surface area contributed by atoms with Gasteiger partial charge in [0, 0.05) is 13.0 Å². The Morgan fingerprint density at radius 3 is 2.39 bits per heavy atom. The molecule has 0 aliphatic carbocycles. The summed E-state index contributed by atoms with van der Waals surface area (Å²) in [5, 5.41) is 2.87. The molecule has 0 aromatic heterocycles. The fraction of sp³-hybridized carbons (Fsp3) is 0.458. The van der Waals surface area contributed by atoms with Crippen molar-refractivity contribution in [2.75, 3.05) is 45.3 Å². The third-order valence-electron chi connectivity index (χ3n) is 4.98. The van der Waals surface area contributed by atoms with Crippen molar-refractivity contribution in [3.63, 3.8) is 0 Å². The molecule has 0 bridgehead atoms. The zero-order valence-electron chi connectivity index (χ0n) is 19.2. The van der Waals surface area contributed by atoms with E-state index in [4.69, 9.17) is 14.2 Å². The van der Waals surface area contributed by atoms with E-state index in [1.807, 2.05) is 18.2 Å². The van der Waals surface area contributed by atoms with Crippen LogP contribution in [0, 0.1) is 0 Å². The van der Waals surface area contributed by atoms with Crippen molar-refractivity contribution in [3.05, 3.63) is 48.0 Å². The molecule has 182 valence electrons. The molecule has 0 fully saturated rings. The van der Waals surface area contributed by atoms with E-state index in [1.54, 1.807) is 18.2 Å². The van der Waals surface area contributed by atoms with Gasteiger partial charge in [0.15, 0.2) is 18.1 Å². The number of rotatable bonds is 13. The third kappa shape index (κ3) is 9.21. The van der Waals surface area contributed by atoms with Crippen LogP contribution in [0.5, 0.6) is 17.2 Å². The highest BCUT2D eigenvalue weighted by Crippen LogP contribution is 2.30. The zero-order chi connectivity index (χ0) is 24.3. The van der Waals surface area contributed by atoms with E-state index in [1.165, 1.54) is 13.2 Å². The molecule has 0 aliphatic rings. The van der Waals surface area contributed by atoms with Crippen LogP contribution in [0.15, 0.2) is 42.5 Å². The molecule has 1 amide bonds. The molecule has 0 saturated heterocycles. The highest BCUT2D eigenvalue weighted by atomic mass is 19.4. The minimum absolute atomic E-state index is 0.00110. The van der Waals surface area contributed by atoms with Gasteiger partial charge in [0.2, 0.25) is 5.91 Å². The number of hydrogen-bond donors (Lipinski definition) is 1. The van der Waals surface area contributed by atoms with Gasteiger partial charge in [0.05, 0.1) is 12.8 Å². The van der Waals surface area contributed by atoms with Gasteiger partial charge >= 0.3 is 6.18 Å². The number of hydrogen-bond acceptors (Lipinski definition) is 5. The van der Waals surface area contributed by atoms with Crippen molar-refractivity contribution in [2.45, 2.75) is 32.9 Å². The Bertz CT molecular complexity index is 886. The molecule has 0 spiro atoms. The SMILES string of the molecule is CCN(CC)CCOc1ccccc1NC(=O)CCc1ccc(OCC(F)(F)F)c(OC)c1. The van der Waals surface area contributed by atoms with E-state index in [9.17, 15) is 18.0 Å². The number of anilines is 1. The van der Waals surface area contributed by atoms with Crippen LogP contribution >= 0.6 is 0 Å². The minimum Gasteiger partial charge on any atom is -0.493 e. The van der Waals surface area contributed by atoms with Gasteiger partial charge in [-0.1, -0.05) is 32.0 Å². The smallest absolute Gasteiger partial charge is 0.422 e. The van der Waals surface area contributed by atoms with Crippen LogP contribution in [0.3, 0.4) is 0 Å². The quantitative estimate of drug-likeness (QED) is 0.452. The van der Waals surface area contributed by atoms with Crippen LogP contribution in [0.2, 0.25) is 0 Å². The summed E-state index contributed by atoms with van der Waals surface area (Å²) in [6.45, 7) is 5.97. The number of alkyl halides is 3. The van der Waals surface area contributed by atoms with Gasteiger partial charge in [-0.2, -0.15) is 13.2 Å². The number of aryl methyl sites for hydroxylation is 1. The van der Waals surface area contributed by atoms with Crippen LogP contribution in [0.25, 0.3) is 0 Å². The monoisotopic (exact) mass is 468 g/mol. The van der Waals surface area contributed by atoms with Crippen molar-refractivity contribution in [3.8, 4) is 17.2 Å². The highest BCUT2D eigenvalue weighted by molar-refractivity contribution is 5.92. The number of methoxy groups -OCH3 is 1. The maximum absolute atomic E-state index is 12.5. The first kappa shape index (κ1) is 26.3. The lowest BCUT2D eigenvalue weighted by Crippen LogP contribution is -2.28. The molecule has 1 N–H and O–H groups in total. The molecule has 2 aromatic carbocycles. The number of carbonyl (C=O) groups is 1. The predicted molar refractivity (Wildman–Crippen MR) is 121 cm³/mol. The van der Waals surface area contributed by atoms with Crippen LogP contribution in [-0.2, 0) is 11.2 Å². The number of ether oxygens (including phenoxy) is 3. The number of nitrogens with zero attached hydrogens (tertiary/aromatic N) is 1. The summed E-state index contributed by atoms with van der Waals surface area (Å²) >= 11 is 0. The van der Waals surface area contributed by atoms with Gasteiger partial charge < -0.3 is 24.4 Å². The average molecular weight is 469 g/mol. The molecular weight excluding hydrogens is 437 g/mol. The molecule has 2 rings (SSSR count). The van der Waals surface area contributed by atoms with E-state index in [0.717, 1.165) is 25.2 Å². The Morgan fingerprint density at radius 1 is 1.00 bits per heavy atom. The van der Waals surface area contributed by atoms with Crippen LogP contribution < -0.4 is 19.5 Å². The number of benzene rings is 2. The first-order valence-corrected chi connectivity index (χ1v) is 10.9. The van der Waals surface area contributed by atoms with Gasteiger partial charge in [-0.25, -0.2) is 0 Å². The number of para-hydroxylation sites is 2. The van der Waals surface area contributed by atoms with Gasteiger partial charge in [0.25, 0.3) is 0 Å². The Hall–Kier alpha value is -2.94. The fourth-order valence-corrected chi connectivity index (χ4v) is 3.14. The molecule has 33 heavy (non-hydrogen) atoms. The molecule has 9 heteroatoms. The second-order valence-corrected chi connectivity index (χ2v) is 7.31. The molecule has 0 atom stereocenters. The Labute approximate surface area is 192 Å². The van der Waals surface area contributed by atoms with E-state index < -0.39 is 12.8 Å². The lowest BCUT2D eigenvalue weighted by Gasteiger charge is -2.19. The van der Waals surface area contributed by atoms with Crippen molar-refractivity contribution in [2.24, 2.45) is 0 Å². The minimum atomic E-state index is -4.44. The normalized spacial score (nSPS) is 11.4. The number of halogens is 3. The van der Waals surface area contributed by atoms with Gasteiger partial charge in [-0.05, 0) is 49.3 Å². The van der Waals surface area contributed by atoms with Crippen molar-refractivity contribution < 1.29 is 32.2 Å². The number of carbonyl (C=O) groups excluding carboxylic acids is 1. The second kappa shape index (κ2) is 12.9. The van der Waals surface area contributed by atoms with E-state index in [-0.39, 0.29) is 23.8 Å². The van der Waals surface area contributed by atoms with E-state index in [0.29, 0.717) is 24.5 Å². The van der Waals surface area contributed by atoms with Crippen molar-refractivity contribution in [1.29, 1.82) is 0 Å². The lowest BCUT2D eigenvalue weighted by molar-refractivity contribution is -0.153. The molecular formula is C24H31F3N2O4. The summed E-state index contributed by atoms with van der Waals surface area (Å²) in [7, 11) is 1.35. The number of amides is 1. The first-order valence-electron chi connectivity index (χ1n) is 10.9.